The van der Waals surface area contributed by atoms with E-state index in [2.05, 4.69) is 20.3 Å². The van der Waals surface area contributed by atoms with Gasteiger partial charge >= 0.3 is 0 Å². The van der Waals surface area contributed by atoms with Gasteiger partial charge in [-0.15, -0.1) is 0 Å². The summed E-state index contributed by atoms with van der Waals surface area (Å²) in [7, 11) is 1.33. The lowest BCUT2D eigenvalue weighted by Crippen LogP contribution is -2.24. The standard InChI is InChI=1S/C24H26N6O8/c1-9-19(34)18-15(20(35)21(9)37-2)10(17-11(32)3-4-29(17)18)6-25-24-27-22-16(23(36)28-24)26-8-30(22)14-5-12(33)13(7-31)38-14/h8,11-14,31-33H,3-7H2,1-2H3,(H2,25,27,28,36)/t11-,12+,13-,14-/m1/s1. The number of hydrogen-bond donors (Lipinski definition) is 5. The number of anilines is 1. The summed E-state index contributed by atoms with van der Waals surface area (Å²) in [6.45, 7) is 1.54. The van der Waals surface area contributed by atoms with Crippen LogP contribution in [-0.2, 0) is 22.6 Å². The number of imidazole rings is 1. The second-order valence-corrected chi connectivity index (χ2v) is 9.57. The van der Waals surface area contributed by atoms with Gasteiger partial charge in [0.15, 0.2) is 16.9 Å². The largest absolute Gasteiger partial charge is 0.492 e. The second-order valence-electron chi connectivity index (χ2n) is 9.57. The number of aliphatic hydroxyl groups excluding tert-OH is 3. The number of ketones is 2. The fraction of sp³-hybridized carbons (Fsp3) is 0.458. The summed E-state index contributed by atoms with van der Waals surface area (Å²) in [6, 6.07) is 0. The third-order valence-electron chi connectivity index (χ3n) is 7.44. The molecule has 1 saturated heterocycles. The average Bonchev–Trinajstić information content (AvgIpc) is 3.65. The minimum absolute atomic E-state index is 0.0232. The molecule has 0 spiro atoms. The van der Waals surface area contributed by atoms with E-state index in [1.807, 2.05) is 0 Å². The molecule has 2 aliphatic heterocycles. The van der Waals surface area contributed by atoms with Crippen LogP contribution in [0.5, 0.6) is 0 Å². The Labute approximate surface area is 214 Å². The molecule has 0 radical (unpaired) electrons. The van der Waals surface area contributed by atoms with Crippen LogP contribution in [0, 0.1) is 0 Å². The van der Waals surface area contributed by atoms with Crippen molar-refractivity contribution >= 4 is 28.7 Å². The van der Waals surface area contributed by atoms with Gasteiger partial charge in [-0.1, -0.05) is 0 Å². The van der Waals surface area contributed by atoms with Gasteiger partial charge in [0.2, 0.25) is 17.5 Å². The number of nitrogens with one attached hydrogen (secondary N) is 2. The van der Waals surface area contributed by atoms with Gasteiger partial charge in [0.25, 0.3) is 5.56 Å². The molecular formula is C24H26N6O8. The van der Waals surface area contributed by atoms with E-state index in [-0.39, 0.29) is 65.1 Å². The van der Waals surface area contributed by atoms with Gasteiger partial charge in [-0.2, -0.15) is 4.98 Å². The van der Waals surface area contributed by atoms with E-state index < -0.39 is 35.9 Å². The van der Waals surface area contributed by atoms with E-state index in [1.165, 1.54) is 24.9 Å². The number of ether oxygens (including phenoxy) is 2. The highest BCUT2D eigenvalue weighted by Crippen LogP contribution is 2.40. The number of aromatic amines is 1. The molecule has 0 unspecified atom stereocenters. The minimum Gasteiger partial charge on any atom is -0.492 e. The molecule has 3 aromatic heterocycles. The van der Waals surface area contributed by atoms with Gasteiger partial charge in [0.05, 0.1) is 43.5 Å². The highest BCUT2D eigenvalue weighted by atomic mass is 16.5. The lowest BCUT2D eigenvalue weighted by molar-refractivity contribution is -0.0432. The van der Waals surface area contributed by atoms with Crippen molar-refractivity contribution in [1.82, 2.24) is 24.1 Å². The number of carbonyl (C=O) groups is 2. The first-order chi connectivity index (χ1) is 18.2. The summed E-state index contributed by atoms with van der Waals surface area (Å²) in [5, 5.41) is 33.2. The lowest BCUT2D eigenvalue weighted by Gasteiger charge is -2.18. The monoisotopic (exact) mass is 526 g/mol. The third kappa shape index (κ3) is 3.45. The minimum atomic E-state index is -0.883. The lowest BCUT2D eigenvalue weighted by atomic mass is 9.90. The smallest absolute Gasteiger partial charge is 0.280 e. The fourth-order valence-electron chi connectivity index (χ4n) is 5.60. The van der Waals surface area contributed by atoms with Gasteiger partial charge < -0.3 is 34.7 Å². The summed E-state index contributed by atoms with van der Waals surface area (Å²) in [6.07, 6.45) is -1.23. The molecule has 1 aliphatic carbocycles. The molecule has 1 fully saturated rings. The number of H-pyrrole nitrogens is 1. The van der Waals surface area contributed by atoms with Gasteiger partial charge in [-0.25, -0.2) is 4.98 Å². The number of fused-ring (bicyclic) bond motifs is 4. The van der Waals surface area contributed by atoms with Gasteiger partial charge in [0.1, 0.15) is 18.0 Å². The first-order valence-electron chi connectivity index (χ1n) is 12.2. The maximum Gasteiger partial charge on any atom is 0.280 e. The molecule has 3 aliphatic rings. The van der Waals surface area contributed by atoms with Crippen LogP contribution >= 0.6 is 0 Å². The Morgan fingerprint density at radius 1 is 1.26 bits per heavy atom. The third-order valence-corrected chi connectivity index (χ3v) is 7.44. The molecule has 5 N–H and O–H groups in total. The van der Waals surface area contributed by atoms with Crippen molar-refractivity contribution in [3.8, 4) is 0 Å². The van der Waals surface area contributed by atoms with Crippen molar-refractivity contribution in [2.24, 2.45) is 0 Å². The number of nitrogens with zero attached hydrogens (tertiary/aromatic N) is 4. The Balaban J connectivity index is 1.37. The fourth-order valence-corrected chi connectivity index (χ4v) is 5.60. The van der Waals surface area contributed by atoms with Crippen LogP contribution in [0.2, 0.25) is 0 Å². The zero-order valence-electron chi connectivity index (χ0n) is 20.6. The SMILES string of the molecule is COC1=C(C)C(=O)c2c(c(CNc3nc4c(ncn4[C@H]4C[C@H](O)[C@@H](CO)O4)c(=O)[nH]3)c3n2CC[C@H]3O)C1=O. The quantitative estimate of drug-likeness (QED) is 0.288. The summed E-state index contributed by atoms with van der Waals surface area (Å²) in [4.78, 5) is 50.4. The van der Waals surface area contributed by atoms with Crippen LogP contribution in [-0.4, -0.2) is 76.9 Å². The molecular weight excluding hydrogens is 500 g/mol. The number of hydrogen-bond acceptors (Lipinski definition) is 11. The first kappa shape index (κ1) is 24.5. The Hall–Kier alpha value is -3.85. The molecule has 200 valence electrons. The van der Waals surface area contributed by atoms with Crippen molar-refractivity contribution in [3.63, 3.8) is 0 Å². The van der Waals surface area contributed by atoms with Gasteiger partial charge in [-0.05, 0) is 13.3 Å². The molecule has 0 saturated carbocycles. The summed E-state index contributed by atoms with van der Waals surface area (Å²) in [5.74, 6) is -0.763. The van der Waals surface area contributed by atoms with E-state index in [0.29, 0.717) is 24.2 Å². The van der Waals surface area contributed by atoms with Crippen LogP contribution in [0.15, 0.2) is 22.5 Å². The number of Topliss-reactive ketones (excluding diaryl/α,β-unsaturated/α-hetero) is 2. The van der Waals surface area contributed by atoms with Crippen molar-refractivity contribution in [2.45, 2.75) is 57.4 Å². The number of allylic oxidation sites excluding steroid dienone is 2. The Bertz CT molecular complexity index is 1580. The predicted molar refractivity (Wildman–Crippen MR) is 129 cm³/mol. The topological polar surface area (TPSA) is 194 Å². The zero-order chi connectivity index (χ0) is 26.9. The number of aromatic nitrogens is 5. The Morgan fingerprint density at radius 2 is 2.05 bits per heavy atom. The van der Waals surface area contributed by atoms with Crippen LogP contribution in [0.1, 0.15) is 64.2 Å². The maximum atomic E-state index is 13.3. The van der Waals surface area contributed by atoms with E-state index >= 15 is 0 Å². The van der Waals surface area contributed by atoms with Crippen LogP contribution in [0.25, 0.3) is 11.2 Å². The predicted octanol–water partition coefficient (Wildman–Crippen LogP) is -0.0896. The molecule has 0 amide bonds. The van der Waals surface area contributed by atoms with Crippen LogP contribution in [0.3, 0.4) is 0 Å². The number of rotatable bonds is 6. The average molecular weight is 527 g/mol. The maximum absolute atomic E-state index is 13.3. The molecule has 6 rings (SSSR count). The van der Waals surface area contributed by atoms with Crippen LogP contribution in [0.4, 0.5) is 5.95 Å². The van der Waals surface area contributed by atoms with E-state index in [1.54, 1.807) is 4.57 Å². The number of carbonyl (C=O) groups excluding carboxylic acids is 2. The summed E-state index contributed by atoms with van der Waals surface area (Å²) < 4.78 is 14.1. The number of aliphatic hydroxyl groups is 3. The first-order valence-corrected chi connectivity index (χ1v) is 12.2. The highest BCUT2D eigenvalue weighted by Gasteiger charge is 2.42. The van der Waals surface area contributed by atoms with Gasteiger partial charge in [0, 0.05) is 30.6 Å². The normalized spacial score (nSPS) is 24.9. The van der Waals surface area contributed by atoms with Crippen molar-refractivity contribution < 1.29 is 34.4 Å². The molecule has 5 heterocycles. The van der Waals surface area contributed by atoms with E-state index in [4.69, 9.17) is 9.47 Å². The Morgan fingerprint density at radius 3 is 2.76 bits per heavy atom. The molecule has 0 bridgehead atoms. The molecule has 3 aromatic rings. The van der Waals surface area contributed by atoms with E-state index in [9.17, 15) is 29.7 Å². The van der Waals surface area contributed by atoms with Crippen molar-refractivity contribution in [1.29, 1.82) is 0 Å². The second kappa shape index (κ2) is 8.87. The van der Waals surface area contributed by atoms with Crippen molar-refractivity contribution in [3.05, 3.63) is 50.5 Å². The zero-order valence-corrected chi connectivity index (χ0v) is 20.6. The number of methoxy groups -OCH3 is 1. The molecule has 14 heteroatoms. The van der Waals surface area contributed by atoms with E-state index in [0.717, 1.165) is 0 Å². The molecule has 14 nitrogen and oxygen atoms in total. The van der Waals surface area contributed by atoms with Gasteiger partial charge in [-0.3, -0.25) is 23.9 Å². The highest BCUT2D eigenvalue weighted by molar-refractivity contribution is 6.26. The van der Waals surface area contributed by atoms with Crippen molar-refractivity contribution in [2.75, 3.05) is 19.0 Å². The van der Waals surface area contributed by atoms with Crippen LogP contribution < -0.4 is 10.9 Å². The molecule has 0 aromatic carbocycles. The molecule has 38 heavy (non-hydrogen) atoms. The summed E-state index contributed by atoms with van der Waals surface area (Å²) >= 11 is 0. The summed E-state index contributed by atoms with van der Waals surface area (Å²) in [5.41, 5.74) is 1.22. The Kier molecular flexibility index (Phi) is 5.72. The molecule has 4 atom stereocenters.